The first-order valence-electron chi connectivity index (χ1n) is 10.2. The Morgan fingerprint density at radius 3 is 2.38 bits per heavy atom. The molecule has 166 valence electrons. The Hall–Kier alpha value is -2.74. The van der Waals surface area contributed by atoms with Gasteiger partial charge in [-0.3, -0.25) is 0 Å². The number of carbonyl (C=O) groups is 1. The number of hydrogen-bond acceptors (Lipinski definition) is 5. The number of rotatable bonds is 5. The molecule has 4 rings (SSSR count). The number of aromatic nitrogens is 1. The minimum atomic E-state index is -3.74. The van der Waals surface area contributed by atoms with Crippen LogP contribution in [0.5, 0.6) is 0 Å². The fourth-order valence-electron chi connectivity index (χ4n) is 3.93. The second kappa shape index (κ2) is 8.65. The van der Waals surface area contributed by atoms with Crippen LogP contribution in [-0.2, 0) is 27.8 Å². The summed E-state index contributed by atoms with van der Waals surface area (Å²) in [7, 11) is -3.74. The van der Waals surface area contributed by atoms with E-state index in [0.717, 1.165) is 16.7 Å². The molecular weight excluding hydrogens is 448 g/mol. The predicted molar refractivity (Wildman–Crippen MR) is 123 cm³/mol. The van der Waals surface area contributed by atoms with E-state index in [0.29, 0.717) is 21.8 Å². The van der Waals surface area contributed by atoms with Crippen molar-refractivity contribution in [3.05, 3.63) is 81.6 Å². The highest BCUT2D eigenvalue weighted by molar-refractivity contribution is 7.89. The molecule has 2 aromatic carbocycles. The molecule has 32 heavy (non-hydrogen) atoms. The molecule has 0 radical (unpaired) electrons. The van der Waals surface area contributed by atoms with Gasteiger partial charge in [0.25, 0.3) is 0 Å². The molecule has 0 atom stereocenters. The summed E-state index contributed by atoms with van der Waals surface area (Å²) < 4.78 is 33.4. The van der Waals surface area contributed by atoms with Crippen molar-refractivity contribution in [2.75, 3.05) is 6.61 Å². The number of hydrogen-bond donors (Lipinski definition) is 0. The zero-order chi connectivity index (χ0) is 23.0. The number of ether oxygens (including phenoxy) is 1. The van der Waals surface area contributed by atoms with Gasteiger partial charge in [-0.2, -0.15) is 4.31 Å². The predicted octanol–water partition coefficient (Wildman–Crippen LogP) is 4.90. The number of halogens is 1. The minimum Gasteiger partial charge on any atom is -0.461 e. The largest absolute Gasteiger partial charge is 0.461 e. The first-order valence-corrected chi connectivity index (χ1v) is 12.1. The number of nitrogens with zero attached hydrogens (tertiary/aromatic N) is 2. The Labute approximate surface area is 192 Å². The van der Waals surface area contributed by atoms with Gasteiger partial charge in [0.05, 0.1) is 11.5 Å². The summed E-state index contributed by atoms with van der Waals surface area (Å²) in [5.74, 6) is -0.562. The summed E-state index contributed by atoms with van der Waals surface area (Å²) in [6.45, 7) is 5.90. The highest BCUT2D eigenvalue weighted by Gasteiger charge is 2.36. The Morgan fingerprint density at radius 2 is 1.72 bits per heavy atom. The van der Waals surface area contributed by atoms with Crippen LogP contribution >= 0.6 is 11.6 Å². The molecule has 0 bridgehead atoms. The summed E-state index contributed by atoms with van der Waals surface area (Å²) in [5, 5.41) is 0.450. The summed E-state index contributed by atoms with van der Waals surface area (Å²) in [6.07, 6.45) is 0. The molecule has 0 fully saturated rings. The van der Waals surface area contributed by atoms with Crippen molar-refractivity contribution in [2.45, 2.75) is 38.8 Å². The maximum atomic E-state index is 13.3. The molecule has 6 nitrogen and oxygen atoms in total. The maximum Gasteiger partial charge on any atom is 0.357 e. The van der Waals surface area contributed by atoms with Crippen molar-refractivity contribution in [3.8, 4) is 11.1 Å². The maximum absolute atomic E-state index is 13.3. The number of esters is 1. The van der Waals surface area contributed by atoms with E-state index in [4.69, 9.17) is 16.3 Å². The smallest absolute Gasteiger partial charge is 0.357 e. The lowest BCUT2D eigenvalue weighted by atomic mass is 9.94. The van der Waals surface area contributed by atoms with E-state index in [9.17, 15) is 13.2 Å². The molecule has 8 heteroatoms. The fourth-order valence-corrected chi connectivity index (χ4v) is 5.53. The Bertz CT molecular complexity index is 1300. The number of aryl methyl sites for hydroxylation is 2. The number of pyridine rings is 1. The number of benzene rings is 2. The monoisotopic (exact) mass is 470 g/mol. The Kier molecular flexibility index (Phi) is 6.07. The molecule has 0 N–H and O–H groups in total. The quantitative estimate of drug-likeness (QED) is 0.495. The lowest BCUT2D eigenvalue weighted by Gasteiger charge is -2.17. The Morgan fingerprint density at radius 1 is 1.06 bits per heavy atom. The second-order valence-corrected chi connectivity index (χ2v) is 10.0. The van der Waals surface area contributed by atoms with Gasteiger partial charge < -0.3 is 4.74 Å². The first-order chi connectivity index (χ1) is 15.2. The van der Waals surface area contributed by atoms with E-state index in [1.807, 2.05) is 13.0 Å². The normalized spacial score (nSPS) is 13.8. The summed E-state index contributed by atoms with van der Waals surface area (Å²) >= 11 is 6.48. The summed E-state index contributed by atoms with van der Waals surface area (Å²) in [4.78, 5) is 17.5. The van der Waals surface area contributed by atoms with Crippen LogP contribution < -0.4 is 0 Å². The van der Waals surface area contributed by atoms with E-state index in [-0.39, 0.29) is 30.3 Å². The van der Waals surface area contributed by atoms with Crippen LogP contribution in [0.3, 0.4) is 0 Å². The fraction of sp³-hybridized carbons (Fsp3) is 0.250. The third-order valence-corrected chi connectivity index (χ3v) is 7.69. The third-order valence-electron chi connectivity index (χ3n) is 5.56. The zero-order valence-corrected chi connectivity index (χ0v) is 19.6. The van der Waals surface area contributed by atoms with E-state index in [1.54, 1.807) is 56.3 Å². The van der Waals surface area contributed by atoms with Crippen molar-refractivity contribution in [1.29, 1.82) is 0 Å². The van der Waals surface area contributed by atoms with Gasteiger partial charge in [-0.15, -0.1) is 0 Å². The number of sulfonamides is 1. The minimum absolute atomic E-state index is 0.113. The van der Waals surface area contributed by atoms with E-state index in [1.165, 1.54) is 4.31 Å². The first kappa shape index (κ1) is 22.5. The van der Waals surface area contributed by atoms with Gasteiger partial charge in [-0.1, -0.05) is 47.5 Å². The highest BCUT2D eigenvalue weighted by atomic mass is 35.5. The standard InChI is InChI=1S/C24H23ClN2O4S/c1-4-31-24(28)23-22(18-7-5-6-8-21(18)25)20-14-27(13-19(20)16(3)26-23)32(29,30)17-11-9-15(2)10-12-17/h5-12H,4,13-14H2,1-3H3. The zero-order valence-electron chi connectivity index (χ0n) is 18.1. The molecule has 1 aromatic heterocycles. The van der Waals surface area contributed by atoms with E-state index < -0.39 is 16.0 Å². The summed E-state index contributed by atoms with van der Waals surface area (Å²) in [5.41, 5.74) is 4.37. The van der Waals surface area contributed by atoms with Crippen LogP contribution in [0, 0.1) is 13.8 Å². The van der Waals surface area contributed by atoms with Crippen LogP contribution in [0.15, 0.2) is 53.4 Å². The van der Waals surface area contributed by atoms with Crippen molar-refractivity contribution >= 4 is 27.6 Å². The SMILES string of the molecule is CCOC(=O)c1nc(C)c2c(c1-c1ccccc1Cl)CN(S(=O)(=O)c1ccc(C)cc1)C2. The molecule has 0 aliphatic carbocycles. The van der Waals surface area contributed by atoms with Crippen LogP contribution in [0.1, 0.15) is 39.8 Å². The van der Waals surface area contributed by atoms with Crippen molar-refractivity contribution in [2.24, 2.45) is 0 Å². The molecule has 0 unspecified atom stereocenters. The van der Waals surface area contributed by atoms with Crippen LogP contribution in [0.4, 0.5) is 0 Å². The molecule has 1 aliphatic rings. The lowest BCUT2D eigenvalue weighted by molar-refractivity contribution is 0.0520. The van der Waals surface area contributed by atoms with Gasteiger partial charge in [0.2, 0.25) is 10.0 Å². The van der Waals surface area contributed by atoms with Crippen molar-refractivity contribution in [3.63, 3.8) is 0 Å². The van der Waals surface area contributed by atoms with E-state index >= 15 is 0 Å². The lowest BCUT2D eigenvalue weighted by Crippen LogP contribution is -2.25. The highest BCUT2D eigenvalue weighted by Crippen LogP contribution is 2.40. The van der Waals surface area contributed by atoms with E-state index in [2.05, 4.69) is 4.98 Å². The summed E-state index contributed by atoms with van der Waals surface area (Å²) in [6, 6.07) is 13.9. The molecule has 1 aliphatic heterocycles. The number of fused-ring (bicyclic) bond motifs is 1. The average Bonchev–Trinajstić information content (AvgIpc) is 3.22. The van der Waals surface area contributed by atoms with Crippen LogP contribution in [-0.4, -0.2) is 30.3 Å². The van der Waals surface area contributed by atoms with Crippen molar-refractivity contribution < 1.29 is 17.9 Å². The van der Waals surface area contributed by atoms with Gasteiger partial charge >= 0.3 is 5.97 Å². The topological polar surface area (TPSA) is 76.6 Å². The van der Waals surface area contributed by atoms with Gasteiger partial charge in [-0.05, 0) is 50.1 Å². The second-order valence-electron chi connectivity index (χ2n) is 7.66. The van der Waals surface area contributed by atoms with Gasteiger partial charge in [0, 0.05) is 34.9 Å². The third kappa shape index (κ3) is 3.92. The molecule has 0 amide bonds. The van der Waals surface area contributed by atoms with Gasteiger partial charge in [0.15, 0.2) is 5.69 Å². The van der Waals surface area contributed by atoms with Crippen LogP contribution in [0.2, 0.25) is 5.02 Å². The van der Waals surface area contributed by atoms with Gasteiger partial charge in [-0.25, -0.2) is 18.2 Å². The van der Waals surface area contributed by atoms with Crippen molar-refractivity contribution in [1.82, 2.24) is 9.29 Å². The Balaban J connectivity index is 1.87. The molecule has 2 heterocycles. The molecule has 3 aromatic rings. The number of carbonyl (C=O) groups excluding carboxylic acids is 1. The average molecular weight is 471 g/mol. The molecule has 0 spiro atoms. The molecule has 0 saturated carbocycles. The molecular formula is C24H23ClN2O4S. The van der Waals surface area contributed by atoms with Crippen LogP contribution in [0.25, 0.3) is 11.1 Å². The molecule has 0 saturated heterocycles. The van der Waals surface area contributed by atoms with Gasteiger partial charge in [0.1, 0.15) is 0 Å².